The van der Waals surface area contributed by atoms with Crippen molar-refractivity contribution < 1.29 is 0 Å². The van der Waals surface area contributed by atoms with Crippen molar-refractivity contribution in [2.75, 3.05) is 0 Å². The molecule has 15 heavy (non-hydrogen) atoms. The van der Waals surface area contributed by atoms with Crippen LogP contribution in [0, 0.1) is 12.8 Å². The number of benzene rings is 1. The Morgan fingerprint density at radius 1 is 1.13 bits per heavy atom. The van der Waals surface area contributed by atoms with Crippen LogP contribution < -0.4 is 0 Å². The molecule has 0 aliphatic carbocycles. The smallest absolute Gasteiger partial charge is 0.0335 e. The third-order valence-corrected chi connectivity index (χ3v) is 2.81. The molecular weight excluding hydrogens is 182 g/mol. The molecule has 78 valence electrons. The number of allylic oxidation sites excluding steroid dienone is 2. The second-order valence-electron chi connectivity index (χ2n) is 4.27. The van der Waals surface area contributed by atoms with Crippen molar-refractivity contribution in [3.05, 3.63) is 47.2 Å². The van der Waals surface area contributed by atoms with Gasteiger partial charge in [-0.3, -0.25) is 4.99 Å². The molecule has 0 saturated carbocycles. The van der Waals surface area contributed by atoms with Crippen molar-refractivity contribution in [2.24, 2.45) is 10.9 Å². The number of nitrogens with zero attached hydrogens (tertiary/aromatic N) is 1. The van der Waals surface area contributed by atoms with E-state index in [4.69, 9.17) is 0 Å². The van der Waals surface area contributed by atoms with Crippen LogP contribution in [0.3, 0.4) is 0 Å². The minimum absolute atomic E-state index is 0.548. The van der Waals surface area contributed by atoms with Gasteiger partial charge in [0.25, 0.3) is 0 Å². The summed E-state index contributed by atoms with van der Waals surface area (Å²) in [5, 5.41) is 0. The van der Waals surface area contributed by atoms with Crippen LogP contribution in [0.1, 0.15) is 24.5 Å². The van der Waals surface area contributed by atoms with Gasteiger partial charge in [-0.15, -0.1) is 0 Å². The topological polar surface area (TPSA) is 12.4 Å². The maximum atomic E-state index is 4.28. The van der Waals surface area contributed by atoms with E-state index < -0.39 is 0 Å². The van der Waals surface area contributed by atoms with Gasteiger partial charge >= 0.3 is 0 Å². The lowest BCUT2D eigenvalue weighted by Crippen LogP contribution is -1.97. The zero-order valence-corrected chi connectivity index (χ0v) is 9.40. The first-order chi connectivity index (χ1) is 7.24. The van der Waals surface area contributed by atoms with E-state index in [9.17, 15) is 0 Å². The predicted octanol–water partition coefficient (Wildman–Crippen LogP) is 3.53. The first-order valence-corrected chi connectivity index (χ1v) is 5.52. The summed E-state index contributed by atoms with van der Waals surface area (Å²) in [5.74, 6) is 0.548. The molecule has 1 heterocycles. The van der Waals surface area contributed by atoms with E-state index in [2.05, 4.69) is 55.4 Å². The normalized spacial score (nSPS) is 19.3. The quantitative estimate of drug-likeness (QED) is 0.706. The molecule has 1 aromatic rings. The number of rotatable bonds is 3. The van der Waals surface area contributed by atoms with Gasteiger partial charge in [-0.2, -0.15) is 0 Å². The average Bonchev–Trinajstić information content (AvgIpc) is 2.64. The van der Waals surface area contributed by atoms with E-state index in [1.54, 1.807) is 0 Å². The molecule has 1 aliphatic rings. The number of hydrogen-bond acceptors (Lipinski definition) is 1. The highest BCUT2D eigenvalue weighted by molar-refractivity contribution is 5.68. The SMILES string of the molecule is CC1=CC(CCc2ccc(C)cc2)C=N1. The molecule has 1 aromatic carbocycles. The molecule has 1 atom stereocenters. The summed E-state index contributed by atoms with van der Waals surface area (Å²) in [5.41, 5.74) is 3.91. The number of aliphatic imine (C=N–C) groups is 1. The van der Waals surface area contributed by atoms with Gasteiger partial charge in [0.2, 0.25) is 0 Å². The summed E-state index contributed by atoms with van der Waals surface area (Å²) in [7, 11) is 0. The van der Waals surface area contributed by atoms with Crippen LogP contribution in [0.5, 0.6) is 0 Å². The Balaban J connectivity index is 1.89. The number of aryl methyl sites for hydroxylation is 2. The molecule has 0 aromatic heterocycles. The maximum absolute atomic E-state index is 4.28. The van der Waals surface area contributed by atoms with Crippen molar-refractivity contribution in [3.63, 3.8) is 0 Å². The zero-order valence-electron chi connectivity index (χ0n) is 9.40. The molecule has 0 radical (unpaired) electrons. The van der Waals surface area contributed by atoms with E-state index >= 15 is 0 Å². The van der Waals surface area contributed by atoms with Crippen LogP contribution in [0.15, 0.2) is 41.0 Å². The van der Waals surface area contributed by atoms with Crippen LogP contribution in [0.4, 0.5) is 0 Å². The van der Waals surface area contributed by atoms with E-state index in [0.29, 0.717) is 5.92 Å². The molecule has 0 saturated heterocycles. The summed E-state index contributed by atoms with van der Waals surface area (Å²) in [6, 6.07) is 8.80. The molecule has 1 nitrogen and oxygen atoms in total. The fourth-order valence-corrected chi connectivity index (χ4v) is 1.86. The van der Waals surface area contributed by atoms with Gasteiger partial charge in [0, 0.05) is 17.8 Å². The second kappa shape index (κ2) is 4.43. The van der Waals surface area contributed by atoms with Crippen molar-refractivity contribution in [3.8, 4) is 0 Å². The monoisotopic (exact) mass is 199 g/mol. The fraction of sp³-hybridized carbons (Fsp3) is 0.357. The van der Waals surface area contributed by atoms with Crippen LogP contribution in [0.25, 0.3) is 0 Å². The van der Waals surface area contributed by atoms with Crippen molar-refractivity contribution in [1.29, 1.82) is 0 Å². The molecule has 0 N–H and O–H groups in total. The lowest BCUT2D eigenvalue weighted by molar-refractivity contribution is 0.758. The van der Waals surface area contributed by atoms with Crippen molar-refractivity contribution >= 4 is 6.21 Å². The van der Waals surface area contributed by atoms with Gasteiger partial charge in [-0.25, -0.2) is 0 Å². The van der Waals surface area contributed by atoms with Crippen LogP contribution >= 0.6 is 0 Å². The minimum atomic E-state index is 0.548. The summed E-state index contributed by atoms with van der Waals surface area (Å²) >= 11 is 0. The summed E-state index contributed by atoms with van der Waals surface area (Å²) in [6.45, 7) is 4.18. The molecule has 0 bridgehead atoms. The number of hydrogen-bond donors (Lipinski definition) is 0. The van der Waals surface area contributed by atoms with Crippen molar-refractivity contribution in [1.82, 2.24) is 0 Å². The van der Waals surface area contributed by atoms with E-state index in [1.165, 1.54) is 17.5 Å². The third-order valence-electron chi connectivity index (χ3n) is 2.81. The van der Waals surface area contributed by atoms with E-state index in [0.717, 1.165) is 12.1 Å². The molecule has 1 unspecified atom stereocenters. The standard InChI is InChI=1S/C14H17N/c1-11-3-5-13(6-4-11)7-8-14-9-12(2)15-10-14/h3-6,9-10,14H,7-8H2,1-2H3. The Hall–Kier alpha value is -1.37. The summed E-state index contributed by atoms with van der Waals surface area (Å²) in [4.78, 5) is 4.28. The van der Waals surface area contributed by atoms with Gasteiger partial charge in [0.15, 0.2) is 0 Å². The van der Waals surface area contributed by atoms with Crippen LogP contribution in [0.2, 0.25) is 0 Å². The molecule has 0 spiro atoms. The first kappa shape index (κ1) is 10.2. The predicted molar refractivity (Wildman–Crippen MR) is 65.2 cm³/mol. The largest absolute Gasteiger partial charge is 0.266 e. The van der Waals surface area contributed by atoms with Gasteiger partial charge in [0.05, 0.1) is 0 Å². The molecule has 0 fully saturated rings. The van der Waals surface area contributed by atoms with Crippen LogP contribution in [-0.2, 0) is 6.42 Å². The zero-order chi connectivity index (χ0) is 10.7. The molecule has 0 amide bonds. The molecule has 2 rings (SSSR count). The Bertz CT molecular complexity index is 384. The average molecular weight is 199 g/mol. The Morgan fingerprint density at radius 2 is 1.87 bits per heavy atom. The Morgan fingerprint density at radius 3 is 2.47 bits per heavy atom. The van der Waals surface area contributed by atoms with Crippen LogP contribution in [-0.4, -0.2) is 6.21 Å². The fourth-order valence-electron chi connectivity index (χ4n) is 1.86. The molecule has 1 aliphatic heterocycles. The van der Waals surface area contributed by atoms with E-state index in [1.807, 2.05) is 0 Å². The summed E-state index contributed by atoms with van der Waals surface area (Å²) in [6.07, 6.45) is 6.61. The highest BCUT2D eigenvalue weighted by Crippen LogP contribution is 2.17. The van der Waals surface area contributed by atoms with Crippen molar-refractivity contribution in [2.45, 2.75) is 26.7 Å². The van der Waals surface area contributed by atoms with Gasteiger partial charge in [-0.05, 0) is 32.3 Å². The first-order valence-electron chi connectivity index (χ1n) is 5.52. The lowest BCUT2D eigenvalue weighted by atomic mass is 10.00. The van der Waals surface area contributed by atoms with Gasteiger partial charge < -0.3 is 0 Å². The summed E-state index contributed by atoms with van der Waals surface area (Å²) < 4.78 is 0. The van der Waals surface area contributed by atoms with Gasteiger partial charge in [0.1, 0.15) is 0 Å². The van der Waals surface area contributed by atoms with Gasteiger partial charge in [-0.1, -0.05) is 35.9 Å². The molecular formula is C14H17N. The van der Waals surface area contributed by atoms with E-state index in [-0.39, 0.29) is 0 Å². The Labute approximate surface area is 91.6 Å². The Kier molecular flexibility index (Phi) is 3.00. The second-order valence-corrected chi connectivity index (χ2v) is 4.27. The lowest BCUT2D eigenvalue weighted by Gasteiger charge is -2.04. The minimum Gasteiger partial charge on any atom is -0.266 e. The maximum Gasteiger partial charge on any atom is 0.0335 e. The highest BCUT2D eigenvalue weighted by Gasteiger charge is 2.07. The molecule has 1 heteroatoms. The third kappa shape index (κ3) is 2.79. The highest BCUT2D eigenvalue weighted by atomic mass is 14.7.